The smallest absolute Gasteiger partial charge is 0.315 e. The van der Waals surface area contributed by atoms with Crippen LogP contribution in [0, 0.1) is 5.82 Å². The highest BCUT2D eigenvalue weighted by Gasteiger charge is 2.24. The molecule has 5 heteroatoms. The van der Waals surface area contributed by atoms with E-state index in [9.17, 15) is 14.3 Å². The summed E-state index contributed by atoms with van der Waals surface area (Å²) >= 11 is 0. The number of benzene rings is 1. The van der Waals surface area contributed by atoms with Crippen molar-refractivity contribution >= 4 is 6.03 Å². The highest BCUT2D eigenvalue weighted by Crippen LogP contribution is 2.19. The fraction of sp³-hybridized carbons (Fsp3) is 0.438. The molecular weight excluding hydrogens is 271 g/mol. The molecule has 0 fully saturated rings. The van der Waals surface area contributed by atoms with Crippen molar-refractivity contribution in [1.29, 1.82) is 0 Å². The first-order valence-corrected chi connectivity index (χ1v) is 7.15. The van der Waals surface area contributed by atoms with E-state index in [1.54, 1.807) is 6.92 Å². The number of urea groups is 1. The zero-order valence-electron chi connectivity index (χ0n) is 12.1. The number of rotatable bonds is 4. The van der Waals surface area contributed by atoms with Crippen molar-refractivity contribution < 1.29 is 14.3 Å². The van der Waals surface area contributed by atoms with Gasteiger partial charge in [0.05, 0.1) is 6.54 Å². The maximum absolute atomic E-state index is 12.9. The summed E-state index contributed by atoms with van der Waals surface area (Å²) in [5.74, 6) is -0.356. The SMILES string of the molecule is CC(O)(CNC(=O)NC1CC=CCC1)c1ccc(F)cc1. The quantitative estimate of drug-likeness (QED) is 0.746. The number of amides is 2. The minimum Gasteiger partial charge on any atom is -0.384 e. The van der Waals surface area contributed by atoms with Crippen LogP contribution in [0.1, 0.15) is 31.7 Å². The lowest BCUT2D eigenvalue weighted by atomic mass is 9.96. The highest BCUT2D eigenvalue weighted by atomic mass is 19.1. The Kier molecular flexibility index (Phi) is 4.96. The van der Waals surface area contributed by atoms with Crippen LogP contribution in [0.2, 0.25) is 0 Å². The zero-order valence-corrected chi connectivity index (χ0v) is 12.1. The highest BCUT2D eigenvalue weighted by molar-refractivity contribution is 5.74. The molecule has 2 unspecified atom stereocenters. The van der Waals surface area contributed by atoms with Gasteiger partial charge < -0.3 is 15.7 Å². The second-order valence-electron chi connectivity index (χ2n) is 5.59. The predicted octanol–water partition coefficient (Wildman–Crippen LogP) is 2.44. The summed E-state index contributed by atoms with van der Waals surface area (Å²) in [7, 11) is 0. The molecule has 0 bridgehead atoms. The Labute approximate surface area is 124 Å². The molecule has 0 saturated carbocycles. The van der Waals surface area contributed by atoms with Gasteiger partial charge in [-0.05, 0) is 43.9 Å². The normalized spacial score (nSPS) is 20.6. The summed E-state index contributed by atoms with van der Waals surface area (Å²) in [4.78, 5) is 11.8. The van der Waals surface area contributed by atoms with Crippen LogP contribution in [0.3, 0.4) is 0 Å². The van der Waals surface area contributed by atoms with Gasteiger partial charge in [0.2, 0.25) is 0 Å². The third-order valence-corrected chi connectivity index (χ3v) is 3.66. The van der Waals surface area contributed by atoms with Gasteiger partial charge in [-0.25, -0.2) is 9.18 Å². The average Bonchev–Trinajstić information content (AvgIpc) is 2.47. The minimum atomic E-state index is -1.24. The van der Waals surface area contributed by atoms with Crippen molar-refractivity contribution in [3.8, 4) is 0 Å². The van der Waals surface area contributed by atoms with Crippen LogP contribution in [0.25, 0.3) is 0 Å². The molecule has 0 spiro atoms. The molecule has 1 aliphatic carbocycles. The number of halogens is 1. The van der Waals surface area contributed by atoms with Gasteiger partial charge in [0.1, 0.15) is 11.4 Å². The van der Waals surface area contributed by atoms with E-state index in [0.717, 1.165) is 19.3 Å². The second kappa shape index (κ2) is 6.72. The van der Waals surface area contributed by atoms with Crippen LogP contribution in [0.4, 0.5) is 9.18 Å². The fourth-order valence-corrected chi connectivity index (χ4v) is 2.32. The summed E-state index contributed by atoms with van der Waals surface area (Å²) in [6.07, 6.45) is 6.90. The van der Waals surface area contributed by atoms with Crippen molar-refractivity contribution in [2.24, 2.45) is 0 Å². The van der Waals surface area contributed by atoms with E-state index in [2.05, 4.69) is 22.8 Å². The number of carbonyl (C=O) groups is 1. The van der Waals surface area contributed by atoms with E-state index >= 15 is 0 Å². The fourth-order valence-electron chi connectivity index (χ4n) is 2.32. The Bertz CT molecular complexity index is 512. The topological polar surface area (TPSA) is 61.4 Å². The monoisotopic (exact) mass is 292 g/mol. The molecule has 2 atom stereocenters. The van der Waals surface area contributed by atoms with Gasteiger partial charge >= 0.3 is 6.03 Å². The molecule has 3 N–H and O–H groups in total. The first-order valence-electron chi connectivity index (χ1n) is 7.15. The third-order valence-electron chi connectivity index (χ3n) is 3.66. The van der Waals surface area contributed by atoms with E-state index < -0.39 is 5.60 Å². The Morgan fingerprint density at radius 1 is 1.38 bits per heavy atom. The van der Waals surface area contributed by atoms with Crippen molar-refractivity contribution in [2.75, 3.05) is 6.54 Å². The van der Waals surface area contributed by atoms with Crippen LogP contribution < -0.4 is 10.6 Å². The molecule has 0 radical (unpaired) electrons. The lowest BCUT2D eigenvalue weighted by Gasteiger charge is -2.25. The van der Waals surface area contributed by atoms with Gasteiger partial charge in [-0.15, -0.1) is 0 Å². The van der Waals surface area contributed by atoms with Gasteiger partial charge in [0, 0.05) is 6.04 Å². The molecule has 0 heterocycles. The van der Waals surface area contributed by atoms with Crippen molar-refractivity contribution in [3.63, 3.8) is 0 Å². The lowest BCUT2D eigenvalue weighted by molar-refractivity contribution is 0.0592. The average molecular weight is 292 g/mol. The number of aliphatic hydroxyl groups is 1. The third kappa shape index (κ3) is 4.56. The number of hydrogen-bond donors (Lipinski definition) is 3. The zero-order chi connectivity index (χ0) is 15.3. The van der Waals surface area contributed by atoms with Crippen molar-refractivity contribution in [2.45, 2.75) is 37.8 Å². The van der Waals surface area contributed by atoms with Gasteiger partial charge in [0.15, 0.2) is 0 Å². The predicted molar refractivity (Wildman–Crippen MR) is 79.3 cm³/mol. The first kappa shape index (κ1) is 15.5. The first-order chi connectivity index (χ1) is 9.97. The van der Waals surface area contributed by atoms with Crippen molar-refractivity contribution in [3.05, 3.63) is 47.8 Å². The van der Waals surface area contributed by atoms with E-state index in [0.29, 0.717) is 5.56 Å². The summed E-state index contributed by atoms with van der Waals surface area (Å²) in [5.41, 5.74) is -0.679. The molecule has 0 aromatic heterocycles. The van der Waals surface area contributed by atoms with Crippen LogP contribution in [0.5, 0.6) is 0 Å². The largest absolute Gasteiger partial charge is 0.384 e. The number of carbonyl (C=O) groups excluding carboxylic acids is 1. The number of allylic oxidation sites excluding steroid dienone is 1. The molecule has 4 nitrogen and oxygen atoms in total. The van der Waals surface area contributed by atoms with Crippen molar-refractivity contribution in [1.82, 2.24) is 10.6 Å². The van der Waals surface area contributed by atoms with Crippen LogP contribution >= 0.6 is 0 Å². The summed E-state index contributed by atoms with van der Waals surface area (Å²) in [6, 6.07) is 5.46. The van der Waals surface area contributed by atoms with Crippen LogP contribution in [-0.4, -0.2) is 23.7 Å². The molecule has 1 aromatic rings. The minimum absolute atomic E-state index is 0.0625. The van der Waals surface area contributed by atoms with Crippen LogP contribution in [0.15, 0.2) is 36.4 Å². The maximum Gasteiger partial charge on any atom is 0.315 e. The lowest BCUT2D eigenvalue weighted by Crippen LogP contribution is -2.46. The van der Waals surface area contributed by atoms with E-state index in [1.165, 1.54) is 24.3 Å². The molecule has 0 aliphatic heterocycles. The Morgan fingerprint density at radius 3 is 2.71 bits per heavy atom. The molecule has 2 amide bonds. The van der Waals surface area contributed by atoms with Gasteiger partial charge in [-0.1, -0.05) is 24.3 Å². The van der Waals surface area contributed by atoms with Crippen LogP contribution in [-0.2, 0) is 5.60 Å². The summed E-state index contributed by atoms with van der Waals surface area (Å²) in [6.45, 7) is 1.65. The van der Waals surface area contributed by atoms with Gasteiger partial charge in [-0.2, -0.15) is 0 Å². The Balaban J connectivity index is 1.84. The summed E-state index contributed by atoms with van der Waals surface area (Å²) < 4.78 is 12.9. The number of hydrogen-bond acceptors (Lipinski definition) is 2. The molecule has 2 rings (SSSR count). The Hall–Kier alpha value is -1.88. The second-order valence-corrected chi connectivity index (χ2v) is 5.59. The molecule has 1 aliphatic rings. The van der Waals surface area contributed by atoms with E-state index in [1.807, 2.05) is 0 Å². The van der Waals surface area contributed by atoms with Gasteiger partial charge in [-0.3, -0.25) is 0 Å². The molecule has 0 saturated heterocycles. The molecule has 114 valence electrons. The summed E-state index contributed by atoms with van der Waals surface area (Å²) in [5, 5.41) is 15.9. The molecule has 21 heavy (non-hydrogen) atoms. The molecule has 1 aromatic carbocycles. The molecular formula is C16H21FN2O2. The maximum atomic E-state index is 12.9. The van der Waals surface area contributed by atoms with E-state index in [4.69, 9.17) is 0 Å². The van der Waals surface area contributed by atoms with Gasteiger partial charge in [0.25, 0.3) is 0 Å². The standard InChI is InChI=1S/C16H21FN2O2/c1-16(21,12-7-9-13(17)10-8-12)11-18-15(20)19-14-5-3-2-4-6-14/h2-3,7-10,14,21H,4-6,11H2,1H3,(H2,18,19,20). The number of nitrogens with one attached hydrogen (secondary N) is 2. The Morgan fingerprint density at radius 2 is 2.10 bits per heavy atom. The van der Waals surface area contributed by atoms with E-state index in [-0.39, 0.29) is 24.4 Å².